The van der Waals surface area contributed by atoms with Crippen LogP contribution in [0, 0.1) is 0 Å². The van der Waals surface area contributed by atoms with Gasteiger partial charge in [-0.05, 0) is 44.5 Å². The third-order valence-electron chi connectivity index (χ3n) is 2.64. The van der Waals surface area contributed by atoms with Gasteiger partial charge in [0.2, 0.25) is 10.0 Å². The van der Waals surface area contributed by atoms with Crippen LogP contribution in [-0.2, 0) is 14.8 Å². The fourth-order valence-corrected chi connectivity index (χ4v) is 2.73. The topological polar surface area (TPSA) is 72.5 Å². The highest BCUT2D eigenvalue weighted by molar-refractivity contribution is 7.89. The van der Waals surface area contributed by atoms with E-state index in [-0.39, 0.29) is 17.5 Å². The minimum absolute atomic E-state index is 0.130. The van der Waals surface area contributed by atoms with Gasteiger partial charge in [-0.2, -0.15) is 0 Å². The predicted molar refractivity (Wildman–Crippen MR) is 72.5 cm³/mol. The molecule has 0 heterocycles. The molecule has 0 aliphatic heterocycles. The quantitative estimate of drug-likeness (QED) is 0.811. The van der Waals surface area contributed by atoms with Crippen molar-refractivity contribution in [2.45, 2.75) is 38.1 Å². The summed E-state index contributed by atoms with van der Waals surface area (Å²) in [6.45, 7) is 5.70. The summed E-state index contributed by atoms with van der Waals surface area (Å²) in [4.78, 5) is 11.6. The zero-order valence-corrected chi connectivity index (χ0v) is 12.2. The monoisotopic (exact) mass is 285 g/mol. The molecule has 0 amide bonds. The maximum Gasteiger partial charge on any atom is 0.338 e. The first-order valence-electron chi connectivity index (χ1n) is 6.20. The number of carbonyl (C=O) groups excluding carboxylic acids is 1. The third-order valence-corrected chi connectivity index (χ3v) is 4.25. The van der Waals surface area contributed by atoms with E-state index >= 15 is 0 Å². The highest BCUT2D eigenvalue weighted by atomic mass is 32.2. The van der Waals surface area contributed by atoms with Gasteiger partial charge in [0.05, 0.1) is 17.1 Å². The molecule has 1 N–H and O–H groups in total. The number of benzene rings is 1. The first kappa shape index (κ1) is 15.7. The largest absolute Gasteiger partial charge is 0.462 e. The van der Waals surface area contributed by atoms with E-state index in [2.05, 4.69) is 4.72 Å². The molecule has 0 bridgehead atoms. The Labute approximate surface area is 114 Å². The highest BCUT2D eigenvalue weighted by Gasteiger charge is 2.17. The third kappa shape index (κ3) is 4.33. The molecule has 0 spiro atoms. The van der Waals surface area contributed by atoms with Gasteiger partial charge in [0.15, 0.2) is 0 Å². The number of esters is 1. The molecule has 0 aliphatic carbocycles. The minimum atomic E-state index is -3.53. The van der Waals surface area contributed by atoms with Gasteiger partial charge in [0.25, 0.3) is 0 Å². The molecule has 6 heteroatoms. The molecule has 106 valence electrons. The molecule has 1 atom stereocenters. The summed E-state index contributed by atoms with van der Waals surface area (Å²) in [6, 6.07) is 5.56. The van der Waals surface area contributed by atoms with Crippen molar-refractivity contribution in [3.8, 4) is 0 Å². The average Bonchev–Trinajstić information content (AvgIpc) is 2.38. The Morgan fingerprint density at radius 3 is 2.32 bits per heavy atom. The Balaban J connectivity index is 2.89. The molecule has 0 aromatic heterocycles. The second-order valence-electron chi connectivity index (χ2n) is 4.18. The van der Waals surface area contributed by atoms with E-state index in [0.717, 1.165) is 0 Å². The number of rotatable bonds is 6. The number of nitrogens with one attached hydrogen (secondary N) is 1. The number of ether oxygens (including phenoxy) is 1. The molecule has 0 fully saturated rings. The molecule has 1 unspecified atom stereocenters. The van der Waals surface area contributed by atoms with Gasteiger partial charge in [0.1, 0.15) is 0 Å². The van der Waals surface area contributed by atoms with Crippen LogP contribution in [0.2, 0.25) is 0 Å². The number of hydrogen-bond donors (Lipinski definition) is 1. The predicted octanol–water partition coefficient (Wildman–Crippen LogP) is 1.94. The van der Waals surface area contributed by atoms with Crippen LogP contribution >= 0.6 is 0 Å². The van der Waals surface area contributed by atoms with Crippen molar-refractivity contribution < 1.29 is 17.9 Å². The van der Waals surface area contributed by atoms with Crippen molar-refractivity contribution in [1.82, 2.24) is 4.72 Å². The lowest BCUT2D eigenvalue weighted by Crippen LogP contribution is -2.32. The molecule has 0 aliphatic rings. The van der Waals surface area contributed by atoms with E-state index in [1.54, 1.807) is 13.8 Å². The van der Waals surface area contributed by atoms with Gasteiger partial charge in [-0.25, -0.2) is 17.9 Å². The Hall–Kier alpha value is -1.40. The summed E-state index contributed by atoms with van der Waals surface area (Å²) in [5.41, 5.74) is 0.337. The standard InChI is InChI=1S/C13H19NO4S/c1-4-10(3)14-19(16,17)12-8-6-11(7-9-12)13(15)18-5-2/h6-10,14H,4-5H2,1-3H3. The van der Waals surface area contributed by atoms with Gasteiger partial charge >= 0.3 is 5.97 Å². The van der Waals surface area contributed by atoms with Gasteiger partial charge in [-0.15, -0.1) is 0 Å². The van der Waals surface area contributed by atoms with Crippen LogP contribution in [0.3, 0.4) is 0 Å². The normalized spacial score (nSPS) is 13.0. The molecule has 5 nitrogen and oxygen atoms in total. The summed E-state index contributed by atoms with van der Waals surface area (Å²) in [5.74, 6) is -0.457. The van der Waals surface area contributed by atoms with Crippen molar-refractivity contribution in [2.24, 2.45) is 0 Å². The van der Waals surface area contributed by atoms with Crippen LogP contribution in [0.15, 0.2) is 29.2 Å². The Morgan fingerprint density at radius 2 is 1.84 bits per heavy atom. The molecule has 0 saturated heterocycles. The minimum Gasteiger partial charge on any atom is -0.462 e. The Bertz CT molecular complexity index is 522. The van der Waals surface area contributed by atoms with Crippen LogP contribution in [0.1, 0.15) is 37.6 Å². The first-order chi connectivity index (χ1) is 8.90. The van der Waals surface area contributed by atoms with Crippen molar-refractivity contribution in [3.05, 3.63) is 29.8 Å². The lowest BCUT2D eigenvalue weighted by atomic mass is 10.2. The summed E-state index contributed by atoms with van der Waals surface area (Å²) < 4.78 is 31.3. The number of sulfonamides is 1. The van der Waals surface area contributed by atoms with Crippen molar-refractivity contribution in [3.63, 3.8) is 0 Å². The molecule has 1 aromatic rings. The summed E-state index contributed by atoms with van der Waals surface area (Å²) in [6.07, 6.45) is 0.708. The Kier molecular flexibility index (Phi) is 5.50. The number of hydrogen-bond acceptors (Lipinski definition) is 4. The molecule has 1 aromatic carbocycles. The fourth-order valence-electron chi connectivity index (χ4n) is 1.40. The molecular formula is C13H19NO4S. The average molecular weight is 285 g/mol. The first-order valence-corrected chi connectivity index (χ1v) is 7.68. The van der Waals surface area contributed by atoms with Crippen molar-refractivity contribution in [2.75, 3.05) is 6.61 Å². The van der Waals surface area contributed by atoms with E-state index in [1.165, 1.54) is 24.3 Å². The molecule has 0 saturated carbocycles. The zero-order valence-electron chi connectivity index (χ0n) is 11.3. The van der Waals surface area contributed by atoms with Crippen LogP contribution in [0.5, 0.6) is 0 Å². The van der Waals surface area contributed by atoms with Crippen LogP contribution in [-0.4, -0.2) is 27.0 Å². The van der Waals surface area contributed by atoms with Gasteiger partial charge in [0, 0.05) is 6.04 Å². The van der Waals surface area contributed by atoms with E-state index in [9.17, 15) is 13.2 Å². The zero-order chi connectivity index (χ0) is 14.5. The summed E-state index contributed by atoms with van der Waals surface area (Å²) in [5, 5.41) is 0. The summed E-state index contributed by atoms with van der Waals surface area (Å²) >= 11 is 0. The van der Waals surface area contributed by atoms with Crippen LogP contribution in [0.4, 0.5) is 0 Å². The second-order valence-corrected chi connectivity index (χ2v) is 5.89. The van der Waals surface area contributed by atoms with E-state index in [4.69, 9.17) is 4.74 Å². The van der Waals surface area contributed by atoms with E-state index in [0.29, 0.717) is 12.0 Å². The van der Waals surface area contributed by atoms with E-state index < -0.39 is 16.0 Å². The van der Waals surface area contributed by atoms with Crippen molar-refractivity contribution >= 4 is 16.0 Å². The fraction of sp³-hybridized carbons (Fsp3) is 0.462. The van der Waals surface area contributed by atoms with Gasteiger partial charge in [-0.1, -0.05) is 6.92 Å². The van der Waals surface area contributed by atoms with Crippen molar-refractivity contribution in [1.29, 1.82) is 0 Å². The summed E-state index contributed by atoms with van der Waals surface area (Å²) in [7, 11) is -3.53. The second kappa shape index (κ2) is 6.68. The lowest BCUT2D eigenvalue weighted by Gasteiger charge is -2.12. The molecule has 0 radical (unpaired) electrons. The molecule has 19 heavy (non-hydrogen) atoms. The van der Waals surface area contributed by atoms with Gasteiger partial charge < -0.3 is 4.74 Å². The lowest BCUT2D eigenvalue weighted by molar-refractivity contribution is 0.0526. The van der Waals surface area contributed by atoms with Crippen LogP contribution < -0.4 is 4.72 Å². The maximum atomic E-state index is 12.0. The molecule has 1 rings (SSSR count). The number of carbonyl (C=O) groups is 1. The van der Waals surface area contributed by atoms with Crippen LogP contribution in [0.25, 0.3) is 0 Å². The Morgan fingerprint density at radius 1 is 1.26 bits per heavy atom. The maximum absolute atomic E-state index is 12.0. The highest BCUT2D eigenvalue weighted by Crippen LogP contribution is 2.12. The SMILES string of the molecule is CCOC(=O)c1ccc(S(=O)(=O)NC(C)CC)cc1. The smallest absolute Gasteiger partial charge is 0.338 e. The molecular weight excluding hydrogens is 266 g/mol. The van der Waals surface area contributed by atoms with E-state index in [1.807, 2.05) is 6.92 Å². The van der Waals surface area contributed by atoms with Gasteiger partial charge in [-0.3, -0.25) is 0 Å².